The van der Waals surface area contributed by atoms with Gasteiger partial charge in [-0.3, -0.25) is 4.72 Å². The van der Waals surface area contributed by atoms with E-state index < -0.39 is 16.0 Å². The van der Waals surface area contributed by atoms with Crippen molar-refractivity contribution in [3.8, 4) is 0 Å². The fourth-order valence-corrected chi connectivity index (χ4v) is 2.09. The van der Waals surface area contributed by atoms with Crippen LogP contribution in [0.2, 0.25) is 0 Å². The highest BCUT2D eigenvalue weighted by Crippen LogP contribution is 2.13. The van der Waals surface area contributed by atoms with E-state index in [1.165, 1.54) is 18.2 Å². The number of ether oxygens (including phenoxy) is 1. The van der Waals surface area contributed by atoms with Crippen LogP contribution in [0.25, 0.3) is 0 Å². The fourth-order valence-electron chi connectivity index (χ4n) is 1.53. The minimum Gasteiger partial charge on any atom is -0.452 e. The van der Waals surface area contributed by atoms with Gasteiger partial charge in [0, 0.05) is 5.69 Å². The summed E-state index contributed by atoms with van der Waals surface area (Å²) in [6.07, 6.45) is 1.02. The van der Waals surface area contributed by atoms with Crippen molar-refractivity contribution in [1.29, 1.82) is 0 Å². The Morgan fingerprint density at radius 2 is 2.19 bits per heavy atom. The number of benzene rings is 1. The Kier molecular flexibility index (Phi) is 4.22. The number of carbonyl (C=O) groups excluding carboxylic acids is 1. The molecule has 0 spiro atoms. The van der Waals surface area contributed by atoms with E-state index in [0.29, 0.717) is 5.82 Å². The largest absolute Gasteiger partial charge is 0.452 e. The second-order valence-electron chi connectivity index (χ2n) is 4.27. The van der Waals surface area contributed by atoms with E-state index in [4.69, 9.17) is 9.26 Å². The average molecular weight is 311 g/mol. The van der Waals surface area contributed by atoms with Crippen LogP contribution in [0.3, 0.4) is 0 Å². The Hall–Kier alpha value is -2.42. The van der Waals surface area contributed by atoms with Crippen molar-refractivity contribution < 1.29 is 22.5 Å². The van der Waals surface area contributed by atoms with Gasteiger partial charge >= 0.3 is 5.97 Å². The third kappa shape index (κ3) is 4.56. The summed E-state index contributed by atoms with van der Waals surface area (Å²) in [7, 11) is -3.41. The molecular weight excluding hydrogens is 298 g/mol. The molecule has 0 unspecified atom stereocenters. The lowest BCUT2D eigenvalue weighted by Crippen LogP contribution is -2.11. The van der Waals surface area contributed by atoms with Crippen molar-refractivity contribution in [3.05, 3.63) is 41.5 Å². The van der Waals surface area contributed by atoms with E-state index in [1.807, 2.05) is 0 Å². The first-order valence-electron chi connectivity index (χ1n) is 5.88. The lowest BCUT2D eigenvalue weighted by Gasteiger charge is -2.06. The van der Waals surface area contributed by atoms with Crippen LogP contribution in [0, 0.1) is 6.92 Å². The molecule has 0 saturated heterocycles. The van der Waals surface area contributed by atoms with Gasteiger partial charge in [0.1, 0.15) is 0 Å². The summed E-state index contributed by atoms with van der Waals surface area (Å²) < 4.78 is 34.4. The lowest BCUT2D eigenvalue weighted by atomic mass is 10.2. The molecule has 0 saturated carbocycles. The maximum absolute atomic E-state index is 11.9. The van der Waals surface area contributed by atoms with Crippen LogP contribution in [0.1, 0.15) is 22.1 Å². The zero-order chi connectivity index (χ0) is 15.5. The lowest BCUT2D eigenvalue weighted by molar-refractivity contribution is 0.0430. The molecule has 9 heteroatoms. The summed E-state index contributed by atoms with van der Waals surface area (Å²) in [5, 5.41) is 3.57. The minimum absolute atomic E-state index is 0.149. The number of rotatable bonds is 5. The van der Waals surface area contributed by atoms with Gasteiger partial charge in [0.2, 0.25) is 10.0 Å². The number of esters is 1. The van der Waals surface area contributed by atoms with Gasteiger partial charge in [-0.05, 0) is 25.1 Å². The molecule has 0 aliphatic carbocycles. The number of sulfonamides is 1. The fraction of sp³-hybridized carbons (Fsp3) is 0.250. The van der Waals surface area contributed by atoms with Crippen molar-refractivity contribution in [3.63, 3.8) is 0 Å². The standard InChI is InChI=1S/C12H13N3O5S/c1-8-13-11(20-14-8)7-19-12(16)9-4-3-5-10(6-9)15-21(2,17)18/h3-6,15H,7H2,1-2H3. The van der Waals surface area contributed by atoms with Crippen LogP contribution in [0.4, 0.5) is 5.69 Å². The predicted octanol–water partition coefficient (Wildman–Crippen LogP) is 1.11. The zero-order valence-corrected chi connectivity index (χ0v) is 12.2. The second-order valence-corrected chi connectivity index (χ2v) is 6.01. The van der Waals surface area contributed by atoms with Crippen LogP contribution in [0.5, 0.6) is 0 Å². The van der Waals surface area contributed by atoms with Crippen molar-refractivity contribution in [1.82, 2.24) is 10.1 Å². The van der Waals surface area contributed by atoms with Crippen molar-refractivity contribution >= 4 is 21.7 Å². The number of hydrogen-bond donors (Lipinski definition) is 1. The normalized spacial score (nSPS) is 11.1. The van der Waals surface area contributed by atoms with Gasteiger partial charge in [-0.2, -0.15) is 4.98 Å². The third-order valence-electron chi connectivity index (χ3n) is 2.30. The summed E-state index contributed by atoms with van der Waals surface area (Å²) in [5.74, 6) is 0.00895. The smallest absolute Gasteiger partial charge is 0.338 e. The quantitative estimate of drug-likeness (QED) is 0.823. The molecule has 1 aromatic heterocycles. The summed E-state index contributed by atoms with van der Waals surface area (Å²) in [6, 6.07) is 5.96. The van der Waals surface area contributed by atoms with Gasteiger partial charge < -0.3 is 9.26 Å². The minimum atomic E-state index is -3.41. The van der Waals surface area contributed by atoms with E-state index in [-0.39, 0.29) is 23.7 Å². The molecule has 1 N–H and O–H groups in total. The molecule has 0 aliphatic rings. The topological polar surface area (TPSA) is 111 Å². The highest BCUT2D eigenvalue weighted by molar-refractivity contribution is 7.92. The van der Waals surface area contributed by atoms with Gasteiger partial charge in [0.15, 0.2) is 12.4 Å². The molecule has 1 heterocycles. The number of aryl methyl sites for hydroxylation is 1. The van der Waals surface area contributed by atoms with Crippen LogP contribution < -0.4 is 4.72 Å². The number of nitrogens with one attached hydrogen (secondary N) is 1. The number of anilines is 1. The molecule has 0 amide bonds. The van der Waals surface area contributed by atoms with E-state index in [9.17, 15) is 13.2 Å². The molecular formula is C12H13N3O5S. The second kappa shape index (κ2) is 5.92. The number of nitrogens with zero attached hydrogens (tertiary/aromatic N) is 2. The Labute approximate surface area is 121 Å². The Balaban J connectivity index is 2.03. The van der Waals surface area contributed by atoms with Crippen LogP contribution >= 0.6 is 0 Å². The van der Waals surface area contributed by atoms with Crippen molar-refractivity contribution in [2.75, 3.05) is 11.0 Å². The van der Waals surface area contributed by atoms with E-state index in [1.54, 1.807) is 13.0 Å². The van der Waals surface area contributed by atoms with Gasteiger partial charge in [0.25, 0.3) is 5.89 Å². The first-order valence-corrected chi connectivity index (χ1v) is 7.77. The maximum Gasteiger partial charge on any atom is 0.338 e. The molecule has 21 heavy (non-hydrogen) atoms. The summed E-state index contributed by atoms with van der Waals surface area (Å²) >= 11 is 0. The first kappa shape index (κ1) is 15.0. The molecule has 2 aromatic rings. The monoisotopic (exact) mass is 311 g/mol. The van der Waals surface area contributed by atoms with Crippen LogP contribution in [-0.4, -0.2) is 30.8 Å². The van der Waals surface area contributed by atoms with Gasteiger partial charge in [-0.1, -0.05) is 11.2 Å². The molecule has 1 aromatic carbocycles. The first-order chi connectivity index (χ1) is 9.83. The van der Waals surface area contributed by atoms with Crippen molar-refractivity contribution in [2.45, 2.75) is 13.5 Å². The average Bonchev–Trinajstić information content (AvgIpc) is 2.80. The van der Waals surface area contributed by atoms with E-state index in [0.717, 1.165) is 6.26 Å². The summed E-state index contributed by atoms with van der Waals surface area (Å²) in [6.45, 7) is 1.50. The predicted molar refractivity (Wildman–Crippen MR) is 73.1 cm³/mol. The van der Waals surface area contributed by atoms with Crippen molar-refractivity contribution in [2.24, 2.45) is 0 Å². The van der Waals surface area contributed by atoms with E-state index >= 15 is 0 Å². The number of aromatic nitrogens is 2. The van der Waals surface area contributed by atoms with Crippen LogP contribution in [0.15, 0.2) is 28.8 Å². The Morgan fingerprint density at radius 1 is 1.43 bits per heavy atom. The molecule has 0 radical (unpaired) electrons. The molecule has 112 valence electrons. The van der Waals surface area contributed by atoms with Gasteiger partial charge in [0.05, 0.1) is 11.8 Å². The Morgan fingerprint density at radius 3 is 2.81 bits per heavy atom. The number of hydrogen-bond acceptors (Lipinski definition) is 7. The summed E-state index contributed by atoms with van der Waals surface area (Å²) in [5.41, 5.74) is 0.487. The highest BCUT2D eigenvalue weighted by atomic mass is 32.2. The molecule has 0 bridgehead atoms. The molecule has 2 rings (SSSR count). The molecule has 0 aliphatic heterocycles. The van der Waals surface area contributed by atoms with Gasteiger partial charge in [-0.25, -0.2) is 13.2 Å². The van der Waals surface area contributed by atoms with Gasteiger partial charge in [-0.15, -0.1) is 0 Å². The highest BCUT2D eigenvalue weighted by Gasteiger charge is 2.12. The molecule has 0 fully saturated rings. The summed E-state index contributed by atoms with van der Waals surface area (Å²) in [4.78, 5) is 15.7. The third-order valence-corrected chi connectivity index (χ3v) is 2.90. The maximum atomic E-state index is 11.9. The molecule has 8 nitrogen and oxygen atoms in total. The zero-order valence-electron chi connectivity index (χ0n) is 11.4. The molecule has 0 atom stereocenters. The Bertz CT molecular complexity index is 754. The SMILES string of the molecule is Cc1noc(COC(=O)c2cccc(NS(C)(=O)=O)c2)n1. The van der Waals surface area contributed by atoms with Crippen LogP contribution in [-0.2, 0) is 21.4 Å². The number of carbonyl (C=O) groups is 1. The van der Waals surface area contributed by atoms with E-state index in [2.05, 4.69) is 14.9 Å².